The summed E-state index contributed by atoms with van der Waals surface area (Å²) in [5.41, 5.74) is 0.523. The van der Waals surface area contributed by atoms with Gasteiger partial charge in [0.05, 0.1) is 5.69 Å². The van der Waals surface area contributed by atoms with Crippen LogP contribution in [0, 0.1) is 0 Å². The summed E-state index contributed by atoms with van der Waals surface area (Å²) in [4.78, 5) is 4.95. The maximum Gasteiger partial charge on any atom is 0.271 e. The number of nitrogens with zero attached hydrogens (tertiary/aromatic N) is 1. The highest BCUT2D eigenvalue weighted by atomic mass is 32.2. The van der Waals surface area contributed by atoms with Gasteiger partial charge in [-0.25, -0.2) is 8.42 Å². The highest BCUT2D eigenvalue weighted by Gasteiger charge is 2.20. The molecule has 1 fully saturated rings. The Morgan fingerprint density at radius 1 is 1.19 bits per heavy atom. The van der Waals surface area contributed by atoms with Crippen LogP contribution in [-0.2, 0) is 16.4 Å². The molecular formula is C14H17N3O2S2. The van der Waals surface area contributed by atoms with Crippen molar-refractivity contribution in [3.8, 4) is 0 Å². The summed E-state index contributed by atoms with van der Waals surface area (Å²) in [6.45, 7) is 0.905. The average molecular weight is 323 g/mol. The van der Waals surface area contributed by atoms with Crippen LogP contribution >= 0.6 is 11.3 Å². The van der Waals surface area contributed by atoms with Crippen LogP contribution in [0.5, 0.6) is 0 Å². The fourth-order valence-corrected chi connectivity index (χ4v) is 4.36. The molecule has 0 aliphatic heterocycles. The van der Waals surface area contributed by atoms with Crippen LogP contribution in [0.1, 0.15) is 17.7 Å². The minimum atomic E-state index is -3.50. The molecular weight excluding hydrogens is 306 g/mol. The molecule has 0 amide bonds. The molecule has 0 radical (unpaired) electrons. The molecule has 2 heterocycles. The molecule has 1 aliphatic rings. The molecule has 0 saturated heterocycles. The van der Waals surface area contributed by atoms with Gasteiger partial charge in [-0.05, 0) is 43.5 Å². The molecule has 1 saturated carbocycles. The Morgan fingerprint density at radius 2 is 1.95 bits per heavy atom. The third kappa shape index (κ3) is 4.03. The Kier molecular flexibility index (Phi) is 4.23. The number of rotatable bonds is 7. The number of hydrogen-bond donors (Lipinski definition) is 2. The topological polar surface area (TPSA) is 71.1 Å². The fourth-order valence-electron chi connectivity index (χ4n) is 1.95. The zero-order valence-corrected chi connectivity index (χ0v) is 13.1. The van der Waals surface area contributed by atoms with E-state index in [1.807, 2.05) is 6.07 Å². The molecule has 0 aromatic carbocycles. The molecule has 2 aromatic rings. The van der Waals surface area contributed by atoms with Gasteiger partial charge in [0.25, 0.3) is 10.0 Å². The molecule has 0 spiro atoms. The standard InChI is InChI=1S/C14H17N3O2S2/c18-21(19,17-12-5-8-15-9-6-12)14-4-3-13(20-14)7-10-16-11-1-2-11/h3-6,8-9,11,16H,1-2,7,10H2,(H,15,17). The van der Waals surface area contributed by atoms with E-state index in [0.29, 0.717) is 15.9 Å². The van der Waals surface area contributed by atoms with Gasteiger partial charge in [0, 0.05) is 29.9 Å². The van der Waals surface area contributed by atoms with E-state index in [-0.39, 0.29) is 0 Å². The fraction of sp³-hybridized carbons (Fsp3) is 0.357. The zero-order valence-electron chi connectivity index (χ0n) is 11.5. The number of aromatic nitrogens is 1. The molecule has 0 bridgehead atoms. The Labute approximate surface area is 128 Å². The number of hydrogen-bond acceptors (Lipinski definition) is 5. The van der Waals surface area contributed by atoms with Gasteiger partial charge >= 0.3 is 0 Å². The molecule has 0 atom stereocenters. The zero-order chi connectivity index (χ0) is 14.7. The van der Waals surface area contributed by atoms with E-state index in [9.17, 15) is 8.42 Å². The van der Waals surface area contributed by atoms with Crippen LogP contribution in [-0.4, -0.2) is 26.0 Å². The second-order valence-corrected chi connectivity index (χ2v) is 8.12. The first-order chi connectivity index (χ1) is 10.1. The van der Waals surface area contributed by atoms with Crippen LogP contribution < -0.4 is 10.0 Å². The van der Waals surface area contributed by atoms with E-state index in [4.69, 9.17) is 0 Å². The summed E-state index contributed by atoms with van der Waals surface area (Å²) in [7, 11) is -3.50. The van der Waals surface area contributed by atoms with Crippen LogP contribution in [0.4, 0.5) is 5.69 Å². The van der Waals surface area contributed by atoms with Crippen LogP contribution in [0.15, 0.2) is 40.9 Å². The lowest BCUT2D eigenvalue weighted by molar-refractivity contribution is 0.603. The van der Waals surface area contributed by atoms with E-state index in [2.05, 4.69) is 15.0 Å². The monoisotopic (exact) mass is 323 g/mol. The van der Waals surface area contributed by atoms with Crippen molar-refractivity contribution in [2.75, 3.05) is 11.3 Å². The van der Waals surface area contributed by atoms with Crippen LogP contribution in [0.3, 0.4) is 0 Å². The number of nitrogens with one attached hydrogen (secondary N) is 2. The summed E-state index contributed by atoms with van der Waals surface area (Å²) in [5, 5.41) is 3.43. The first kappa shape index (κ1) is 14.5. The number of thiophene rings is 1. The largest absolute Gasteiger partial charge is 0.314 e. The van der Waals surface area contributed by atoms with Crippen molar-refractivity contribution in [2.24, 2.45) is 0 Å². The third-order valence-corrected chi connectivity index (χ3v) is 6.23. The van der Waals surface area contributed by atoms with Crippen molar-refractivity contribution in [1.82, 2.24) is 10.3 Å². The molecule has 1 aliphatic carbocycles. The summed E-state index contributed by atoms with van der Waals surface area (Å²) in [5.74, 6) is 0. The normalized spacial score (nSPS) is 15.0. The number of pyridine rings is 1. The Hall–Kier alpha value is -1.44. The Balaban J connectivity index is 1.63. The molecule has 2 aromatic heterocycles. The summed E-state index contributed by atoms with van der Waals surface area (Å²) in [6.07, 6.45) is 6.51. The maximum atomic E-state index is 12.3. The predicted molar refractivity (Wildman–Crippen MR) is 84.1 cm³/mol. The third-order valence-electron chi connectivity index (χ3n) is 3.22. The molecule has 3 rings (SSSR count). The molecule has 7 heteroatoms. The lowest BCUT2D eigenvalue weighted by Crippen LogP contribution is -2.18. The number of anilines is 1. The van der Waals surface area contributed by atoms with E-state index in [1.165, 1.54) is 24.2 Å². The first-order valence-corrected chi connectivity index (χ1v) is 9.18. The highest BCUT2D eigenvalue weighted by molar-refractivity contribution is 7.94. The Bertz CT molecular complexity index is 694. The second kappa shape index (κ2) is 6.13. The predicted octanol–water partition coefficient (Wildman–Crippen LogP) is 2.24. The smallest absolute Gasteiger partial charge is 0.271 e. The van der Waals surface area contributed by atoms with Gasteiger partial charge in [-0.1, -0.05) is 0 Å². The first-order valence-electron chi connectivity index (χ1n) is 6.88. The van der Waals surface area contributed by atoms with Gasteiger partial charge < -0.3 is 5.32 Å². The SMILES string of the molecule is O=S(=O)(Nc1ccncc1)c1ccc(CCNC2CC2)s1. The summed E-state index contributed by atoms with van der Waals surface area (Å²) in [6, 6.07) is 7.50. The van der Waals surface area contributed by atoms with E-state index < -0.39 is 10.0 Å². The van der Waals surface area contributed by atoms with Crippen LogP contribution in [0.25, 0.3) is 0 Å². The summed E-state index contributed by atoms with van der Waals surface area (Å²) < 4.78 is 27.4. The molecule has 0 unspecified atom stereocenters. The quantitative estimate of drug-likeness (QED) is 0.820. The lowest BCUT2D eigenvalue weighted by atomic mass is 10.3. The highest BCUT2D eigenvalue weighted by Crippen LogP contribution is 2.24. The van der Waals surface area contributed by atoms with Crippen molar-refractivity contribution in [3.05, 3.63) is 41.5 Å². The van der Waals surface area contributed by atoms with Gasteiger partial charge in [-0.3, -0.25) is 9.71 Å². The van der Waals surface area contributed by atoms with Gasteiger partial charge in [0.15, 0.2) is 0 Å². The molecule has 2 N–H and O–H groups in total. The maximum absolute atomic E-state index is 12.3. The number of sulfonamides is 1. The van der Waals surface area contributed by atoms with Crippen molar-refractivity contribution < 1.29 is 8.42 Å². The van der Waals surface area contributed by atoms with Crippen molar-refractivity contribution in [2.45, 2.75) is 29.5 Å². The molecule has 5 nitrogen and oxygen atoms in total. The van der Waals surface area contributed by atoms with E-state index >= 15 is 0 Å². The second-order valence-electron chi connectivity index (χ2n) is 5.04. The van der Waals surface area contributed by atoms with E-state index in [1.54, 1.807) is 30.6 Å². The lowest BCUT2D eigenvalue weighted by Gasteiger charge is -2.05. The Morgan fingerprint density at radius 3 is 2.67 bits per heavy atom. The minimum absolute atomic E-state index is 0.348. The average Bonchev–Trinajstić information content (AvgIpc) is 3.15. The minimum Gasteiger partial charge on any atom is -0.314 e. The van der Waals surface area contributed by atoms with Crippen molar-refractivity contribution in [3.63, 3.8) is 0 Å². The van der Waals surface area contributed by atoms with E-state index in [0.717, 1.165) is 17.8 Å². The van der Waals surface area contributed by atoms with Crippen LogP contribution in [0.2, 0.25) is 0 Å². The van der Waals surface area contributed by atoms with Gasteiger partial charge in [0.2, 0.25) is 0 Å². The molecule has 21 heavy (non-hydrogen) atoms. The van der Waals surface area contributed by atoms with Gasteiger partial charge in [-0.2, -0.15) is 0 Å². The van der Waals surface area contributed by atoms with Crippen molar-refractivity contribution in [1.29, 1.82) is 0 Å². The molecule has 112 valence electrons. The van der Waals surface area contributed by atoms with Gasteiger partial charge in [0.1, 0.15) is 4.21 Å². The summed E-state index contributed by atoms with van der Waals surface area (Å²) >= 11 is 1.33. The van der Waals surface area contributed by atoms with Gasteiger partial charge in [-0.15, -0.1) is 11.3 Å². The van der Waals surface area contributed by atoms with Crippen molar-refractivity contribution >= 4 is 27.0 Å².